The van der Waals surface area contributed by atoms with E-state index in [1.807, 2.05) is 31.2 Å². The minimum atomic E-state index is -0.271. The molecule has 2 rings (SSSR count). The van der Waals surface area contributed by atoms with Crippen LogP contribution in [-0.2, 0) is 4.79 Å². The van der Waals surface area contributed by atoms with Gasteiger partial charge in [-0.05, 0) is 13.0 Å². The van der Waals surface area contributed by atoms with Crippen molar-refractivity contribution in [2.24, 2.45) is 0 Å². The van der Waals surface area contributed by atoms with Crippen LogP contribution in [0.3, 0.4) is 0 Å². The maximum Gasteiger partial charge on any atom is 0.233 e. The Bertz CT molecular complexity index is 643. The van der Waals surface area contributed by atoms with Gasteiger partial charge in [0.2, 0.25) is 11.1 Å². The van der Waals surface area contributed by atoms with Gasteiger partial charge in [0.15, 0.2) is 5.82 Å². The second-order valence-corrected chi connectivity index (χ2v) is 6.40. The Hall–Kier alpha value is -1.60. The van der Waals surface area contributed by atoms with Crippen molar-refractivity contribution in [1.29, 1.82) is 0 Å². The number of nitrogens with one attached hydrogen (secondary N) is 2. The number of aromatic nitrogens is 3. The molecule has 0 fully saturated rings. The highest BCUT2D eigenvalue weighted by Gasteiger charge is 2.17. The molecule has 21 heavy (non-hydrogen) atoms. The van der Waals surface area contributed by atoms with E-state index in [0.717, 1.165) is 10.0 Å². The van der Waals surface area contributed by atoms with Crippen molar-refractivity contribution in [3.05, 3.63) is 41.4 Å². The number of halogens is 1. The Morgan fingerprint density at radius 1 is 1.57 bits per heavy atom. The highest BCUT2D eigenvalue weighted by atomic mass is 79.9. The number of benzene rings is 1. The first-order chi connectivity index (χ1) is 10.1. The molecule has 110 valence electrons. The van der Waals surface area contributed by atoms with Crippen LogP contribution in [0.15, 0.2) is 46.5 Å². The summed E-state index contributed by atoms with van der Waals surface area (Å²) in [5.41, 5.74) is 0.931. The Kier molecular flexibility index (Phi) is 5.58. The minimum absolute atomic E-state index is 0.0628. The number of thioether (sulfide) groups is 1. The Morgan fingerprint density at radius 3 is 3.05 bits per heavy atom. The van der Waals surface area contributed by atoms with Crippen molar-refractivity contribution in [3.63, 3.8) is 0 Å². The normalized spacial score (nSPS) is 11.9. The zero-order valence-electron chi connectivity index (χ0n) is 11.5. The van der Waals surface area contributed by atoms with Gasteiger partial charge < -0.3 is 5.32 Å². The van der Waals surface area contributed by atoms with E-state index in [1.54, 1.807) is 6.08 Å². The predicted molar refractivity (Wildman–Crippen MR) is 88.0 cm³/mol. The zero-order valence-corrected chi connectivity index (χ0v) is 13.9. The molecule has 0 aliphatic rings. The van der Waals surface area contributed by atoms with Gasteiger partial charge in [-0.3, -0.25) is 9.89 Å². The van der Waals surface area contributed by atoms with E-state index < -0.39 is 0 Å². The van der Waals surface area contributed by atoms with Crippen molar-refractivity contribution in [3.8, 4) is 11.4 Å². The molecule has 1 heterocycles. The number of carbonyl (C=O) groups excluding carboxylic acids is 1. The summed E-state index contributed by atoms with van der Waals surface area (Å²) in [7, 11) is 0. The van der Waals surface area contributed by atoms with Crippen LogP contribution in [-0.4, -0.2) is 32.9 Å². The van der Waals surface area contributed by atoms with Crippen LogP contribution < -0.4 is 5.32 Å². The molecule has 2 aromatic rings. The van der Waals surface area contributed by atoms with E-state index in [4.69, 9.17) is 0 Å². The number of carbonyl (C=O) groups is 1. The van der Waals surface area contributed by atoms with E-state index in [1.165, 1.54) is 11.8 Å². The average Bonchev–Trinajstić information content (AvgIpc) is 2.93. The maximum absolute atomic E-state index is 11.8. The first-order valence-corrected chi connectivity index (χ1v) is 8.01. The van der Waals surface area contributed by atoms with Crippen molar-refractivity contribution in [2.45, 2.75) is 17.3 Å². The molecular formula is C14H15BrN4OS. The first-order valence-electron chi connectivity index (χ1n) is 6.34. The third kappa shape index (κ3) is 4.18. The monoisotopic (exact) mass is 366 g/mol. The predicted octanol–water partition coefficient (Wildman–Crippen LogP) is 3.02. The second kappa shape index (κ2) is 7.42. The molecule has 1 aromatic carbocycles. The van der Waals surface area contributed by atoms with Crippen LogP contribution in [0.2, 0.25) is 0 Å². The van der Waals surface area contributed by atoms with Crippen LogP contribution in [0.4, 0.5) is 0 Å². The Balaban J connectivity index is 2.05. The van der Waals surface area contributed by atoms with Gasteiger partial charge in [0, 0.05) is 16.6 Å². The fourth-order valence-corrected chi connectivity index (χ4v) is 2.82. The number of nitrogens with zero attached hydrogens (tertiary/aromatic N) is 2. The van der Waals surface area contributed by atoms with E-state index in [-0.39, 0.29) is 11.2 Å². The van der Waals surface area contributed by atoms with Crippen molar-refractivity contribution in [2.75, 3.05) is 6.54 Å². The van der Waals surface area contributed by atoms with Gasteiger partial charge in [-0.25, -0.2) is 4.98 Å². The SMILES string of the molecule is C=CCNC(=O)[C@@H](C)Sc1n[nH]c(-c2ccccc2Br)n1. The molecule has 0 radical (unpaired) electrons. The lowest BCUT2D eigenvalue weighted by Gasteiger charge is -2.07. The van der Waals surface area contributed by atoms with Crippen LogP contribution in [0.1, 0.15) is 6.92 Å². The quantitative estimate of drug-likeness (QED) is 0.608. The fourth-order valence-electron chi connectivity index (χ4n) is 1.60. The van der Waals surface area contributed by atoms with Crippen LogP contribution in [0.25, 0.3) is 11.4 Å². The van der Waals surface area contributed by atoms with Gasteiger partial charge in [0.05, 0.1) is 5.25 Å². The number of H-pyrrole nitrogens is 1. The molecule has 1 aromatic heterocycles. The summed E-state index contributed by atoms with van der Waals surface area (Å²) in [4.78, 5) is 16.2. The molecule has 0 spiro atoms. The third-order valence-electron chi connectivity index (χ3n) is 2.67. The molecule has 0 aliphatic heterocycles. The molecule has 7 heteroatoms. The van der Waals surface area contributed by atoms with E-state index in [9.17, 15) is 4.79 Å². The molecule has 0 aliphatic carbocycles. The van der Waals surface area contributed by atoms with Crippen molar-refractivity contribution < 1.29 is 4.79 Å². The molecule has 5 nitrogen and oxygen atoms in total. The molecule has 0 saturated heterocycles. The molecule has 2 N–H and O–H groups in total. The first kappa shape index (κ1) is 15.8. The lowest BCUT2D eigenvalue weighted by molar-refractivity contribution is -0.120. The van der Waals surface area contributed by atoms with E-state index >= 15 is 0 Å². The number of rotatable bonds is 6. The fraction of sp³-hybridized carbons (Fsp3) is 0.214. The van der Waals surface area contributed by atoms with Gasteiger partial charge in [-0.1, -0.05) is 52.0 Å². The number of aromatic amines is 1. The summed E-state index contributed by atoms with van der Waals surface area (Å²) in [5.74, 6) is 0.607. The Morgan fingerprint density at radius 2 is 2.33 bits per heavy atom. The third-order valence-corrected chi connectivity index (χ3v) is 4.32. The van der Waals surface area contributed by atoms with Gasteiger partial charge in [-0.15, -0.1) is 11.7 Å². The summed E-state index contributed by atoms with van der Waals surface area (Å²) in [5, 5.41) is 10.1. The van der Waals surface area contributed by atoms with Gasteiger partial charge >= 0.3 is 0 Å². The van der Waals surface area contributed by atoms with Crippen LogP contribution in [0.5, 0.6) is 0 Å². The largest absolute Gasteiger partial charge is 0.352 e. The van der Waals surface area contributed by atoms with Crippen LogP contribution in [0, 0.1) is 0 Å². The number of hydrogen-bond acceptors (Lipinski definition) is 4. The molecule has 1 atom stereocenters. The Labute approximate surface area is 135 Å². The lowest BCUT2D eigenvalue weighted by atomic mass is 10.2. The maximum atomic E-state index is 11.8. The summed E-state index contributed by atoms with van der Waals surface area (Å²) in [6.07, 6.45) is 1.65. The van der Waals surface area contributed by atoms with Gasteiger partial charge in [-0.2, -0.15) is 0 Å². The highest BCUT2D eigenvalue weighted by molar-refractivity contribution is 9.10. The van der Waals surface area contributed by atoms with Gasteiger partial charge in [0.25, 0.3) is 0 Å². The summed E-state index contributed by atoms with van der Waals surface area (Å²) in [6.45, 7) is 5.84. The topological polar surface area (TPSA) is 70.7 Å². The smallest absolute Gasteiger partial charge is 0.233 e. The van der Waals surface area contributed by atoms with Crippen molar-refractivity contribution >= 4 is 33.6 Å². The van der Waals surface area contributed by atoms with E-state index in [2.05, 4.69) is 43.0 Å². The highest BCUT2D eigenvalue weighted by Crippen LogP contribution is 2.27. The molecular weight excluding hydrogens is 352 g/mol. The number of amides is 1. The standard InChI is InChI=1S/C14H15BrN4OS/c1-3-8-16-13(20)9(2)21-14-17-12(18-19-14)10-6-4-5-7-11(10)15/h3-7,9H,1,8H2,2H3,(H,16,20)(H,17,18,19)/t9-/m1/s1. The molecule has 0 bridgehead atoms. The van der Waals surface area contributed by atoms with Gasteiger partial charge in [0.1, 0.15) is 0 Å². The summed E-state index contributed by atoms with van der Waals surface area (Å²) >= 11 is 4.79. The van der Waals surface area contributed by atoms with Crippen molar-refractivity contribution in [1.82, 2.24) is 20.5 Å². The summed E-state index contributed by atoms with van der Waals surface area (Å²) < 4.78 is 0.939. The zero-order chi connectivity index (χ0) is 15.2. The lowest BCUT2D eigenvalue weighted by Crippen LogP contribution is -2.30. The summed E-state index contributed by atoms with van der Waals surface area (Å²) in [6, 6.07) is 7.75. The van der Waals surface area contributed by atoms with E-state index in [0.29, 0.717) is 17.5 Å². The molecule has 0 saturated carbocycles. The minimum Gasteiger partial charge on any atom is -0.352 e. The average molecular weight is 367 g/mol. The second-order valence-electron chi connectivity index (χ2n) is 4.24. The molecule has 0 unspecified atom stereocenters. The van der Waals surface area contributed by atoms with Crippen LogP contribution >= 0.6 is 27.7 Å². The number of hydrogen-bond donors (Lipinski definition) is 2. The molecule has 1 amide bonds.